The third-order valence-corrected chi connectivity index (χ3v) is 4.40. The third kappa shape index (κ3) is 3.31. The fourth-order valence-corrected chi connectivity index (χ4v) is 3.00. The molecule has 1 heterocycles. The maximum atomic E-state index is 12.1. The van der Waals surface area contributed by atoms with Crippen molar-refractivity contribution < 1.29 is 4.79 Å². The number of aryl methyl sites for hydroxylation is 2. The average molecular weight is 377 g/mol. The Bertz CT molecular complexity index is 1070. The van der Waals surface area contributed by atoms with E-state index in [4.69, 9.17) is 23.2 Å². The minimum Gasteiger partial charge on any atom is -0.295 e. The summed E-state index contributed by atoms with van der Waals surface area (Å²) in [4.78, 5) is 24.0. The number of hydrazone groups is 1. The zero-order chi connectivity index (χ0) is 18.1. The van der Waals surface area contributed by atoms with Crippen LogP contribution in [0.1, 0.15) is 15.9 Å². The number of nitrogens with zero attached hydrogens (tertiary/aromatic N) is 3. The zero-order valence-electron chi connectivity index (χ0n) is 13.5. The quantitative estimate of drug-likeness (QED) is 0.563. The van der Waals surface area contributed by atoms with Gasteiger partial charge in [-0.2, -0.15) is 5.10 Å². The lowest BCUT2D eigenvalue weighted by Gasteiger charge is -2.03. The van der Waals surface area contributed by atoms with Gasteiger partial charge >= 0.3 is 5.69 Å². The van der Waals surface area contributed by atoms with Gasteiger partial charge in [0.2, 0.25) is 0 Å². The van der Waals surface area contributed by atoms with Crippen molar-refractivity contribution in [2.45, 2.75) is 0 Å². The number of carbonyl (C=O) groups excluding carboxylic acids is 1. The molecule has 0 saturated heterocycles. The predicted molar refractivity (Wildman–Crippen MR) is 99.7 cm³/mol. The van der Waals surface area contributed by atoms with E-state index in [-0.39, 0.29) is 16.3 Å². The molecule has 0 atom stereocenters. The number of fused-ring (bicyclic) bond motifs is 1. The van der Waals surface area contributed by atoms with Crippen LogP contribution < -0.4 is 11.1 Å². The lowest BCUT2D eigenvalue weighted by Crippen LogP contribution is -2.19. The molecule has 0 spiro atoms. The summed E-state index contributed by atoms with van der Waals surface area (Å²) in [6.45, 7) is 0. The Morgan fingerprint density at radius 2 is 1.80 bits per heavy atom. The van der Waals surface area contributed by atoms with E-state index in [0.717, 1.165) is 16.6 Å². The summed E-state index contributed by atoms with van der Waals surface area (Å²) in [5.41, 5.74) is 4.94. The third-order valence-electron chi connectivity index (χ3n) is 3.85. The van der Waals surface area contributed by atoms with Gasteiger partial charge in [0, 0.05) is 19.1 Å². The number of aromatic nitrogens is 2. The fourth-order valence-electron chi connectivity index (χ4n) is 2.50. The zero-order valence-corrected chi connectivity index (χ0v) is 15.0. The highest BCUT2D eigenvalue weighted by Gasteiger charge is 2.10. The van der Waals surface area contributed by atoms with Crippen LogP contribution in [0, 0.1) is 0 Å². The molecular weight excluding hydrogens is 363 g/mol. The molecule has 1 amide bonds. The Morgan fingerprint density at radius 1 is 1.08 bits per heavy atom. The van der Waals surface area contributed by atoms with E-state index < -0.39 is 5.91 Å². The number of hydrogen-bond acceptors (Lipinski definition) is 3. The van der Waals surface area contributed by atoms with Crippen molar-refractivity contribution in [1.82, 2.24) is 14.6 Å². The monoisotopic (exact) mass is 376 g/mol. The highest BCUT2D eigenvalue weighted by Crippen LogP contribution is 2.20. The molecule has 8 heteroatoms. The SMILES string of the molecule is Cn1c(=O)n(C)c2cc(/C=N\NC(=O)c3ccc(Cl)cc3Cl)ccc21. The summed E-state index contributed by atoms with van der Waals surface area (Å²) < 4.78 is 3.12. The summed E-state index contributed by atoms with van der Waals surface area (Å²) in [6.07, 6.45) is 1.50. The van der Waals surface area contributed by atoms with Gasteiger partial charge in [-0.25, -0.2) is 10.2 Å². The van der Waals surface area contributed by atoms with Crippen LogP contribution >= 0.6 is 23.2 Å². The summed E-state index contributed by atoms with van der Waals surface area (Å²) in [7, 11) is 3.42. The lowest BCUT2D eigenvalue weighted by molar-refractivity contribution is 0.0955. The topological polar surface area (TPSA) is 68.4 Å². The van der Waals surface area contributed by atoms with Gasteiger partial charge < -0.3 is 0 Å². The number of carbonyl (C=O) groups is 1. The number of amides is 1. The molecule has 0 aliphatic rings. The minimum atomic E-state index is -0.439. The number of halogens is 2. The van der Waals surface area contributed by atoms with Gasteiger partial charge in [0.1, 0.15) is 0 Å². The number of hydrogen-bond donors (Lipinski definition) is 1. The van der Waals surface area contributed by atoms with Crippen LogP contribution in [-0.4, -0.2) is 21.3 Å². The van der Waals surface area contributed by atoms with Crippen molar-refractivity contribution in [2.75, 3.05) is 0 Å². The number of rotatable bonds is 3. The first kappa shape index (κ1) is 17.3. The molecule has 0 saturated carbocycles. The molecule has 0 unspecified atom stereocenters. The van der Waals surface area contributed by atoms with Crippen LogP contribution in [-0.2, 0) is 14.1 Å². The first-order valence-corrected chi connectivity index (χ1v) is 8.08. The number of imidazole rings is 1. The summed E-state index contributed by atoms with van der Waals surface area (Å²) >= 11 is 11.8. The van der Waals surface area contributed by atoms with E-state index in [1.807, 2.05) is 18.2 Å². The molecule has 1 aromatic heterocycles. The predicted octanol–water partition coefficient (Wildman–Crippen LogP) is 2.95. The highest BCUT2D eigenvalue weighted by atomic mass is 35.5. The lowest BCUT2D eigenvalue weighted by atomic mass is 10.2. The van der Waals surface area contributed by atoms with Crippen LogP contribution in [0.15, 0.2) is 46.3 Å². The second-order valence-corrected chi connectivity index (χ2v) is 6.32. The van der Waals surface area contributed by atoms with E-state index >= 15 is 0 Å². The molecule has 25 heavy (non-hydrogen) atoms. The van der Waals surface area contributed by atoms with Gasteiger partial charge in [0.15, 0.2) is 0 Å². The van der Waals surface area contributed by atoms with Crippen molar-refractivity contribution >= 4 is 46.4 Å². The van der Waals surface area contributed by atoms with Crippen LogP contribution in [0.5, 0.6) is 0 Å². The van der Waals surface area contributed by atoms with Crippen molar-refractivity contribution in [1.29, 1.82) is 0 Å². The Morgan fingerprint density at radius 3 is 2.52 bits per heavy atom. The Kier molecular flexibility index (Phi) is 4.65. The van der Waals surface area contributed by atoms with Gasteiger partial charge in [-0.1, -0.05) is 29.3 Å². The normalized spacial score (nSPS) is 11.4. The Labute approximate surface area is 153 Å². The molecule has 3 aromatic rings. The number of nitrogens with one attached hydrogen (secondary N) is 1. The van der Waals surface area contributed by atoms with E-state index in [9.17, 15) is 9.59 Å². The molecule has 0 aliphatic heterocycles. The maximum Gasteiger partial charge on any atom is 0.328 e. The second-order valence-electron chi connectivity index (χ2n) is 5.47. The van der Waals surface area contributed by atoms with Crippen LogP contribution in [0.25, 0.3) is 11.0 Å². The van der Waals surface area contributed by atoms with Gasteiger partial charge in [0.25, 0.3) is 5.91 Å². The molecule has 6 nitrogen and oxygen atoms in total. The largest absolute Gasteiger partial charge is 0.328 e. The van der Waals surface area contributed by atoms with Crippen molar-refractivity contribution in [3.8, 4) is 0 Å². The van der Waals surface area contributed by atoms with E-state index in [0.29, 0.717) is 5.02 Å². The molecule has 0 aliphatic carbocycles. The molecular formula is C17H14Cl2N4O2. The summed E-state index contributed by atoms with van der Waals surface area (Å²) in [6, 6.07) is 10.1. The highest BCUT2D eigenvalue weighted by molar-refractivity contribution is 6.36. The van der Waals surface area contributed by atoms with Gasteiger partial charge in [-0.05, 0) is 35.9 Å². The molecule has 1 N–H and O–H groups in total. The Hall–Kier alpha value is -2.57. The average Bonchev–Trinajstić information content (AvgIpc) is 2.79. The van der Waals surface area contributed by atoms with Crippen LogP contribution in [0.3, 0.4) is 0 Å². The second kappa shape index (κ2) is 6.74. The van der Waals surface area contributed by atoms with E-state index in [1.54, 1.807) is 29.3 Å². The van der Waals surface area contributed by atoms with E-state index in [2.05, 4.69) is 10.5 Å². The molecule has 0 fully saturated rings. The fraction of sp³-hybridized carbons (Fsp3) is 0.118. The van der Waals surface area contributed by atoms with Crippen molar-refractivity contribution in [3.63, 3.8) is 0 Å². The standard InChI is InChI=1S/C17H14Cl2N4O2/c1-22-14-6-3-10(7-15(14)23(2)17(22)25)9-20-21-16(24)12-5-4-11(18)8-13(12)19/h3-9H,1-2H3,(H,21,24)/b20-9-. The molecule has 128 valence electrons. The smallest absolute Gasteiger partial charge is 0.295 e. The minimum absolute atomic E-state index is 0.102. The van der Waals surface area contributed by atoms with Crippen LogP contribution in [0.4, 0.5) is 0 Å². The van der Waals surface area contributed by atoms with Gasteiger partial charge in [-0.15, -0.1) is 0 Å². The molecule has 3 rings (SSSR count). The first-order chi connectivity index (χ1) is 11.9. The van der Waals surface area contributed by atoms with Gasteiger partial charge in [-0.3, -0.25) is 13.9 Å². The van der Waals surface area contributed by atoms with Crippen molar-refractivity contribution in [3.05, 3.63) is 68.1 Å². The van der Waals surface area contributed by atoms with Crippen molar-refractivity contribution in [2.24, 2.45) is 19.2 Å². The molecule has 0 radical (unpaired) electrons. The number of benzene rings is 2. The summed E-state index contributed by atoms with van der Waals surface area (Å²) in [5, 5.41) is 4.64. The molecule has 0 bridgehead atoms. The first-order valence-electron chi connectivity index (χ1n) is 7.32. The summed E-state index contributed by atoms with van der Waals surface area (Å²) in [5.74, 6) is -0.439. The molecule has 2 aromatic carbocycles. The van der Waals surface area contributed by atoms with Crippen LogP contribution in [0.2, 0.25) is 10.0 Å². The Balaban J connectivity index is 1.80. The van der Waals surface area contributed by atoms with Gasteiger partial charge in [0.05, 0.1) is 27.8 Å². The maximum absolute atomic E-state index is 12.1. The van der Waals surface area contributed by atoms with E-state index in [1.165, 1.54) is 18.3 Å².